The van der Waals surface area contributed by atoms with Crippen molar-refractivity contribution in [2.24, 2.45) is 0 Å². The molecule has 3 aromatic rings. The van der Waals surface area contributed by atoms with Crippen LogP contribution in [0.5, 0.6) is 0 Å². The lowest BCUT2D eigenvalue weighted by Crippen LogP contribution is -2.19. The zero-order valence-electron chi connectivity index (χ0n) is 16.9. The first-order valence-corrected chi connectivity index (χ1v) is 12.2. The molecule has 1 saturated heterocycles. The van der Waals surface area contributed by atoms with Crippen molar-refractivity contribution >= 4 is 56.3 Å². The fraction of sp³-hybridized carbons (Fsp3) is 0.182. The molecule has 0 radical (unpaired) electrons. The Bertz CT molecular complexity index is 1230. The van der Waals surface area contributed by atoms with Gasteiger partial charge in [-0.3, -0.25) is 9.52 Å². The maximum Gasteiger partial charge on any atom is 0.263 e. The second kappa shape index (κ2) is 9.36. The van der Waals surface area contributed by atoms with Crippen LogP contribution < -0.4 is 14.9 Å². The minimum atomic E-state index is -4.02. The summed E-state index contributed by atoms with van der Waals surface area (Å²) in [7, 11) is -4.02. The fourth-order valence-corrected chi connectivity index (χ4v) is 5.09. The Morgan fingerprint density at radius 1 is 0.938 bits per heavy atom. The summed E-state index contributed by atoms with van der Waals surface area (Å²) in [6, 6.07) is 13.9. The molecule has 1 aliphatic heterocycles. The van der Waals surface area contributed by atoms with E-state index in [9.17, 15) is 13.2 Å². The van der Waals surface area contributed by atoms with E-state index >= 15 is 0 Å². The summed E-state index contributed by atoms with van der Waals surface area (Å²) < 4.78 is 28.1. The third kappa shape index (κ3) is 5.15. The van der Waals surface area contributed by atoms with Gasteiger partial charge in [-0.15, -0.1) is 0 Å². The van der Waals surface area contributed by atoms with Crippen LogP contribution in [0, 0.1) is 0 Å². The number of rotatable bonds is 6. The first-order chi connectivity index (χ1) is 15.3. The molecule has 0 aliphatic carbocycles. The number of hydrogen-bond donors (Lipinski definition) is 2. The van der Waals surface area contributed by atoms with Crippen LogP contribution in [0.15, 0.2) is 65.7 Å². The van der Waals surface area contributed by atoms with Crippen molar-refractivity contribution in [2.45, 2.75) is 17.7 Å². The van der Waals surface area contributed by atoms with Crippen LogP contribution in [0.3, 0.4) is 0 Å². The maximum atomic E-state index is 12.8. The lowest BCUT2D eigenvalue weighted by atomic mass is 10.2. The Hall–Kier alpha value is -2.81. The Kier molecular flexibility index (Phi) is 6.55. The quantitative estimate of drug-likeness (QED) is 0.504. The molecule has 166 valence electrons. The number of hydrogen-bond acceptors (Lipinski definition) is 5. The van der Waals surface area contributed by atoms with Crippen molar-refractivity contribution < 1.29 is 13.2 Å². The minimum Gasteiger partial charge on any atom is -0.357 e. The number of nitrogens with zero attached hydrogens (tertiary/aromatic N) is 2. The molecule has 32 heavy (non-hydrogen) atoms. The number of anilines is 3. The zero-order valence-corrected chi connectivity index (χ0v) is 19.2. The van der Waals surface area contributed by atoms with Crippen LogP contribution in [0.25, 0.3) is 0 Å². The van der Waals surface area contributed by atoms with Gasteiger partial charge in [0.15, 0.2) is 0 Å². The molecule has 2 aromatic carbocycles. The van der Waals surface area contributed by atoms with Gasteiger partial charge >= 0.3 is 0 Å². The molecule has 1 aromatic heterocycles. The van der Waals surface area contributed by atoms with Gasteiger partial charge in [-0.25, -0.2) is 13.4 Å². The number of nitrogens with one attached hydrogen (secondary N) is 2. The number of amides is 1. The van der Waals surface area contributed by atoms with E-state index in [1.165, 1.54) is 30.3 Å². The normalized spacial score (nSPS) is 13.8. The third-order valence-electron chi connectivity index (χ3n) is 5.02. The van der Waals surface area contributed by atoms with Crippen LogP contribution in [-0.4, -0.2) is 32.4 Å². The molecule has 10 heteroatoms. The van der Waals surface area contributed by atoms with E-state index in [-0.39, 0.29) is 15.5 Å². The molecule has 4 rings (SSSR count). The van der Waals surface area contributed by atoms with Crippen molar-refractivity contribution in [2.75, 3.05) is 28.0 Å². The summed E-state index contributed by atoms with van der Waals surface area (Å²) in [6.07, 6.45) is 3.88. The van der Waals surface area contributed by atoms with Gasteiger partial charge in [0.05, 0.1) is 16.9 Å². The first-order valence-electron chi connectivity index (χ1n) is 9.92. The smallest absolute Gasteiger partial charge is 0.263 e. The maximum absolute atomic E-state index is 12.8. The third-order valence-corrected chi connectivity index (χ3v) is 7.13. The van der Waals surface area contributed by atoms with E-state index in [0.717, 1.165) is 31.7 Å². The number of carbonyl (C=O) groups is 1. The molecule has 0 unspecified atom stereocenters. The van der Waals surface area contributed by atoms with Gasteiger partial charge in [-0.2, -0.15) is 0 Å². The molecule has 0 saturated carbocycles. The molecule has 1 aliphatic rings. The minimum absolute atomic E-state index is 0.000328. The highest BCUT2D eigenvalue weighted by Crippen LogP contribution is 2.26. The van der Waals surface area contributed by atoms with E-state index in [2.05, 4.69) is 19.9 Å². The second-order valence-electron chi connectivity index (χ2n) is 7.31. The average Bonchev–Trinajstić information content (AvgIpc) is 3.31. The van der Waals surface area contributed by atoms with Gasteiger partial charge in [-0.1, -0.05) is 23.2 Å². The summed E-state index contributed by atoms with van der Waals surface area (Å²) in [5.41, 5.74) is 0.982. The highest BCUT2D eigenvalue weighted by atomic mass is 35.5. The number of halogens is 2. The number of pyridine rings is 1. The molecule has 2 N–H and O–H groups in total. The Morgan fingerprint density at radius 2 is 1.62 bits per heavy atom. The van der Waals surface area contributed by atoms with Crippen molar-refractivity contribution in [1.29, 1.82) is 0 Å². The van der Waals surface area contributed by atoms with Gasteiger partial charge in [0.1, 0.15) is 10.7 Å². The van der Waals surface area contributed by atoms with E-state index in [1.807, 2.05) is 6.07 Å². The molecule has 7 nitrogen and oxygen atoms in total. The molecule has 1 amide bonds. The Morgan fingerprint density at radius 3 is 2.28 bits per heavy atom. The summed E-state index contributed by atoms with van der Waals surface area (Å²) in [6.45, 7) is 1.95. The highest BCUT2D eigenvalue weighted by Gasteiger charge is 2.21. The van der Waals surface area contributed by atoms with Crippen LogP contribution in [0.1, 0.15) is 23.2 Å². The van der Waals surface area contributed by atoms with Gasteiger partial charge in [0.25, 0.3) is 15.9 Å². The van der Waals surface area contributed by atoms with Crippen molar-refractivity contribution in [1.82, 2.24) is 4.98 Å². The van der Waals surface area contributed by atoms with Crippen LogP contribution >= 0.6 is 23.2 Å². The molecular formula is C22H20Cl2N4O3S. The van der Waals surface area contributed by atoms with E-state index in [4.69, 9.17) is 23.2 Å². The van der Waals surface area contributed by atoms with Gasteiger partial charge in [0, 0.05) is 29.4 Å². The second-order valence-corrected chi connectivity index (χ2v) is 9.81. The average molecular weight is 491 g/mol. The monoisotopic (exact) mass is 490 g/mol. The number of aromatic nitrogens is 1. The van der Waals surface area contributed by atoms with Crippen molar-refractivity contribution in [3.05, 3.63) is 76.4 Å². The van der Waals surface area contributed by atoms with Crippen LogP contribution in [0.4, 0.5) is 17.2 Å². The lowest BCUT2D eigenvalue weighted by molar-refractivity contribution is 0.102. The fourth-order valence-electron chi connectivity index (χ4n) is 3.38. The van der Waals surface area contributed by atoms with Crippen LogP contribution in [0.2, 0.25) is 10.0 Å². The van der Waals surface area contributed by atoms with E-state index < -0.39 is 15.9 Å². The molecule has 0 atom stereocenters. The van der Waals surface area contributed by atoms with Gasteiger partial charge < -0.3 is 10.2 Å². The van der Waals surface area contributed by atoms with E-state index in [1.54, 1.807) is 24.4 Å². The van der Waals surface area contributed by atoms with Gasteiger partial charge in [0.2, 0.25) is 0 Å². The predicted molar refractivity (Wildman–Crippen MR) is 127 cm³/mol. The number of sulfonamides is 1. The first kappa shape index (κ1) is 22.4. The zero-order chi connectivity index (χ0) is 22.7. The van der Waals surface area contributed by atoms with Crippen molar-refractivity contribution in [3.63, 3.8) is 0 Å². The number of carbonyl (C=O) groups excluding carboxylic acids is 1. The SMILES string of the molecule is O=C(Nc1ccc(N2CCCC2)nc1)c1ccc(Cl)c(S(=O)(=O)Nc2ccc(Cl)cc2)c1. The summed E-state index contributed by atoms with van der Waals surface area (Å²) in [5.74, 6) is 0.397. The number of benzene rings is 2. The molecule has 2 heterocycles. The van der Waals surface area contributed by atoms with Crippen LogP contribution in [-0.2, 0) is 10.0 Å². The predicted octanol–water partition coefficient (Wildman–Crippen LogP) is 5.04. The highest BCUT2D eigenvalue weighted by molar-refractivity contribution is 7.92. The summed E-state index contributed by atoms with van der Waals surface area (Å²) in [5, 5.41) is 3.22. The van der Waals surface area contributed by atoms with E-state index in [0.29, 0.717) is 16.4 Å². The molecular weight excluding hydrogens is 471 g/mol. The lowest BCUT2D eigenvalue weighted by Gasteiger charge is -2.16. The Labute approximate surface area is 196 Å². The topological polar surface area (TPSA) is 91.4 Å². The molecule has 1 fully saturated rings. The largest absolute Gasteiger partial charge is 0.357 e. The standard InChI is InChI=1S/C22H20Cl2N4O3S/c23-16-4-6-17(7-5-16)27-32(30,31)20-13-15(3-9-19(20)24)22(29)26-18-8-10-21(25-14-18)28-11-1-2-12-28/h3-10,13-14,27H,1-2,11-12H2,(H,26,29). The molecule has 0 bridgehead atoms. The summed E-state index contributed by atoms with van der Waals surface area (Å²) in [4.78, 5) is 19.1. The van der Waals surface area contributed by atoms with Gasteiger partial charge in [-0.05, 0) is 67.4 Å². The summed E-state index contributed by atoms with van der Waals surface area (Å²) >= 11 is 12.0. The molecule has 0 spiro atoms. The Balaban J connectivity index is 1.51. The van der Waals surface area contributed by atoms with Crippen molar-refractivity contribution in [3.8, 4) is 0 Å².